The molecule has 3 aromatic rings. The van der Waals surface area contributed by atoms with E-state index in [-0.39, 0.29) is 11.9 Å². The zero-order valence-corrected chi connectivity index (χ0v) is 17.1. The average Bonchev–Trinajstić information content (AvgIpc) is 3.13. The third-order valence-electron chi connectivity index (χ3n) is 5.39. The number of nitrogens with zero attached hydrogens (tertiary/aromatic N) is 4. The molecule has 152 valence electrons. The third-order valence-corrected chi connectivity index (χ3v) is 5.39. The zero-order chi connectivity index (χ0) is 21.1. The van der Waals surface area contributed by atoms with Crippen LogP contribution in [0.2, 0.25) is 0 Å². The SMILES string of the molecule is Cc1nc2n(n1)CC(NC(C)c1ccc(NC(=O)c3ccc(C#N)cc3)cc1)CC2. The van der Waals surface area contributed by atoms with E-state index in [0.29, 0.717) is 17.2 Å². The maximum Gasteiger partial charge on any atom is 0.255 e. The van der Waals surface area contributed by atoms with Gasteiger partial charge < -0.3 is 10.6 Å². The first-order valence-corrected chi connectivity index (χ1v) is 10.1. The summed E-state index contributed by atoms with van der Waals surface area (Å²) in [4.78, 5) is 16.8. The van der Waals surface area contributed by atoms with Crippen LogP contribution in [0.1, 0.15) is 52.5 Å². The molecule has 2 atom stereocenters. The van der Waals surface area contributed by atoms with Crippen molar-refractivity contribution in [3.63, 3.8) is 0 Å². The number of carbonyl (C=O) groups excluding carboxylic acids is 1. The molecule has 7 heteroatoms. The van der Waals surface area contributed by atoms with E-state index in [9.17, 15) is 4.79 Å². The highest BCUT2D eigenvalue weighted by atomic mass is 16.1. The summed E-state index contributed by atoms with van der Waals surface area (Å²) < 4.78 is 2.00. The Morgan fingerprint density at radius 1 is 1.20 bits per heavy atom. The molecule has 1 aliphatic heterocycles. The molecular formula is C23H24N6O. The number of hydrogen-bond acceptors (Lipinski definition) is 5. The van der Waals surface area contributed by atoms with E-state index in [2.05, 4.69) is 27.6 Å². The van der Waals surface area contributed by atoms with Crippen molar-refractivity contribution in [2.75, 3.05) is 5.32 Å². The molecule has 1 aromatic heterocycles. The second-order valence-electron chi connectivity index (χ2n) is 7.65. The van der Waals surface area contributed by atoms with E-state index in [0.717, 1.165) is 42.3 Å². The summed E-state index contributed by atoms with van der Waals surface area (Å²) in [6.07, 6.45) is 1.98. The molecule has 0 spiro atoms. The number of hydrogen-bond donors (Lipinski definition) is 2. The van der Waals surface area contributed by atoms with Gasteiger partial charge in [0.25, 0.3) is 5.91 Å². The number of carbonyl (C=O) groups is 1. The zero-order valence-electron chi connectivity index (χ0n) is 17.1. The van der Waals surface area contributed by atoms with Gasteiger partial charge in [-0.15, -0.1) is 0 Å². The Bertz CT molecular complexity index is 1080. The number of aryl methyl sites for hydroxylation is 2. The van der Waals surface area contributed by atoms with Gasteiger partial charge in [0.15, 0.2) is 0 Å². The molecule has 0 bridgehead atoms. The number of rotatable bonds is 5. The second kappa shape index (κ2) is 8.47. The van der Waals surface area contributed by atoms with Crippen molar-refractivity contribution in [1.29, 1.82) is 5.26 Å². The van der Waals surface area contributed by atoms with Gasteiger partial charge in [0.2, 0.25) is 0 Å². The minimum Gasteiger partial charge on any atom is -0.322 e. The molecule has 7 nitrogen and oxygen atoms in total. The van der Waals surface area contributed by atoms with Gasteiger partial charge in [0, 0.05) is 29.8 Å². The summed E-state index contributed by atoms with van der Waals surface area (Å²) >= 11 is 0. The van der Waals surface area contributed by atoms with Crippen molar-refractivity contribution in [1.82, 2.24) is 20.1 Å². The van der Waals surface area contributed by atoms with Crippen molar-refractivity contribution in [3.05, 3.63) is 76.9 Å². The van der Waals surface area contributed by atoms with E-state index in [4.69, 9.17) is 5.26 Å². The average molecular weight is 400 g/mol. The normalized spacial score (nSPS) is 16.4. The standard InChI is InChI=1S/C23H24N6O/c1-15(25-21-11-12-22-26-16(2)28-29(22)14-21)18-7-9-20(10-8-18)27-23(30)19-5-3-17(13-24)4-6-19/h3-10,15,21,25H,11-12,14H2,1-2H3,(H,27,30). The van der Waals surface area contributed by atoms with Gasteiger partial charge in [-0.3, -0.25) is 4.79 Å². The predicted molar refractivity (Wildman–Crippen MR) is 114 cm³/mol. The van der Waals surface area contributed by atoms with Gasteiger partial charge in [-0.2, -0.15) is 10.4 Å². The molecule has 2 unspecified atom stereocenters. The summed E-state index contributed by atoms with van der Waals surface area (Å²) in [5, 5.41) is 19.9. The number of benzene rings is 2. The summed E-state index contributed by atoms with van der Waals surface area (Å²) in [5.41, 5.74) is 2.95. The van der Waals surface area contributed by atoms with Gasteiger partial charge in [0.1, 0.15) is 11.6 Å². The lowest BCUT2D eigenvalue weighted by Crippen LogP contribution is -2.39. The van der Waals surface area contributed by atoms with Crippen LogP contribution in [0.4, 0.5) is 5.69 Å². The minimum absolute atomic E-state index is 0.185. The summed E-state index contributed by atoms with van der Waals surface area (Å²) in [7, 11) is 0. The Morgan fingerprint density at radius 2 is 1.93 bits per heavy atom. The molecule has 2 aromatic carbocycles. The summed E-state index contributed by atoms with van der Waals surface area (Å²) in [5.74, 6) is 1.71. The lowest BCUT2D eigenvalue weighted by Gasteiger charge is -2.27. The van der Waals surface area contributed by atoms with E-state index in [1.165, 1.54) is 0 Å². The quantitative estimate of drug-likeness (QED) is 0.685. The summed E-state index contributed by atoms with van der Waals surface area (Å²) in [6, 6.07) is 17.0. The van der Waals surface area contributed by atoms with Gasteiger partial charge in [-0.25, -0.2) is 9.67 Å². The number of fused-ring (bicyclic) bond motifs is 1. The van der Waals surface area contributed by atoms with Gasteiger partial charge in [-0.1, -0.05) is 12.1 Å². The first-order valence-electron chi connectivity index (χ1n) is 10.1. The van der Waals surface area contributed by atoms with Gasteiger partial charge >= 0.3 is 0 Å². The number of amides is 1. The van der Waals surface area contributed by atoms with Gasteiger partial charge in [-0.05, 0) is 62.2 Å². The maximum absolute atomic E-state index is 12.4. The van der Waals surface area contributed by atoms with Crippen molar-refractivity contribution in [2.24, 2.45) is 0 Å². The van der Waals surface area contributed by atoms with Crippen molar-refractivity contribution in [3.8, 4) is 6.07 Å². The fraction of sp³-hybridized carbons (Fsp3) is 0.304. The minimum atomic E-state index is -0.195. The molecule has 0 aliphatic carbocycles. The molecule has 30 heavy (non-hydrogen) atoms. The van der Waals surface area contributed by atoms with Gasteiger partial charge in [0.05, 0.1) is 18.2 Å². The Kier molecular flexibility index (Phi) is 5.59. The lowest BCUT2D eigenvalue weighted by atomic mass is 10.0. The van der Waals surface area contributed by atoms with E-state index in [1.54, 1.807) is 24.3 Å². The topological polar surface area (TPSA) is 95.6 Å². The molecule has 0 saturated heterocycles. The van der Waals surface area contributed by atoms with Crippen LogP contribution >= 0.6 is 0 Å². The monoisotopic (exact) mass is 400 g/mol. The molecule has 0 fully saturated rings. The second-order valence-corrected chi connectivity index (χ2v) is 7.65. The van der Waals surface area contributed by atoms with Crippen LogP contribution in [0.15, 0.2) is 48.5 Å². The Hall–Kier alpha value is -3.50. The summed E-state index contributed by atoms with van der Waals surface area (Å²) in [6.45, 7) is 4.91. The first-order chi connectivity index (χ1) is 14.5. The molecule has 0 radical (unpaired) electrons. The van der Waals surface area contributed by atoms with E-state index >= 15 is 0 Å². The van der Waals surface area contributed by atoms with E-state index in [1.807, 2.05) is 41.9 Å². The number of nitriles is 1. The molecule has 2 N–H and O–H groups in total. The van der Waals surface area contributed by atoms with Crippen LogP contribution in [0, 0.1) is 18.3 Å². The molecule has 0 saturated carbocycles. The Morgan fingerprint density at radius 3 is 2.63 bits per heavy atom. The molecule has 1 aliphatic rings. The van der Waals surface area contributed by atoms with Crippen LogP contribution in [0.5, 0.6) is 0 Å². The van der Waals surface area contributed by atoms with Crippen LogP contribution in [0.3, 0.4) is 0 Å². The van der Waals surface area contributed by atoms with Crippen molar-refractivity contribution in [2.45, 2.75) is 45.3 Å². The highest BCUT2D eigenvalue weighted by Gasteiger charge is 2.22. The van der Waals surface area contributed by atoms with Crippen molar-refractivity contribution >= 4 is 11.6 Å². The maximum atomic E-state index is 12.4. The Balaban J connectivity index is 1.34. The highest BCUT2D eigenvalue weighted by Crippen LogP contribution is 2.20. The van der Waals surface area contributed by atoms with Crippen molar-refractivity contribution < 1.29 is 4.79 Å². The highest BCUT2D eigenvalue weighted by molar-refractivity contribution is 6.04. The third kappa shape index (κ3) is 4.39. The number of nitrogens with one attached hydrogen (secondary N) is 2. The lowest BCUT2D eigenvalue weighted by molar-refractivity contribution is 0.102. The first kappa shape index (κ1) is 19.8. The number of aromatic nitrogens is 3. The largest absolute Gasteiger partial charge is 0.322 e. The van der Waals surface area contributed by atoms with E-state index < -0.39 is 0 Å². The van der Waals surface area contributed by atoms with Crippen LogP contribution < -0.4 is 10.6 Å². The molecule has 1 amide bonds. The van der Waals surface area contributed by atoms with Crippen LogP contribution in [0.25, 0.3) is 0 Å². The van der Waals surface area contributed by atoms with Crippen LogP contribution in [-0.2, 0) is 13.0 Å². The molecule has 2 heterocycles. The fourth-order valence-electron chi connectivity index (χ4n) is 3.77. The Labute approximate surface area is 175 Å². The predicted octanol–water partition coefficient (Wildman–Crippen LogP) is 3.38. The van der Waals surface area contributed by atoms with Crippen LogP contribution in [-0.4, -0.2) is 26.7 Å². The molecular weight excluding hydrogens is 376 g/mol. The fourth-order valence-corrected chi connectivity index (χ4v) is 3.77. The molecule has 4 rings (SSSR count). The number of anilines is 1. The smallest absolute Gasteiger partial charge is 0.255 e.